The first-order valence-electron chi connectivity index (χ1n) is 9.26. The van der Waals surface area contributed by atoms with E-state index in [0.29, 0.717) is 5.41 Å². The highest BCUT2D eigenvalue weighted by atomic mass is 14.5. The Balaban J connectivity index is 2.31. The summed E-state index contributed by atoms with van der Waals surface area (Å²) in [5.41, 5.74) is 9.55. The van der Waals surface area contributed by atoms with E-state index in [2.05, 4.69) is 34.6 Å². The lowest BCUT2D eigenvalue weighted by Gasteiger charge is -2.35. The summed E-state index contributed by atoms with van der Waals surface area (Å²) in [7, 11) is 0. The predicted molar refractivity (Wildman–Crippen MR) is 95.4 cm³/mol. The number of rotatable bonds is 9. The molecule has 1 aliphatic carbocycles. The number of hydrogen-bond donors (Lipinski definition) is 1. The Bertz CT molecular complexity index is 327. The fourth-order valence-corrected chi connectivity index (χ4v) is 4.01. The summed E-state index contributed by atoms with van der Waals surface area (Å²) in [6, 6.07) is 0. The van der Waals surface area contributed by atoms with Gasteiger partial charge in [0.25, 0.3) is 0 Å². The van der Waals surface area contributed by atoms with Gasteiger partial charge in [0, 0.05) is 0 Å². The molecule has 0 radical (unpaired) electrons. The van der Waals surface area contributed by atoms with E-state index in [9.17, 15) is 0 Å². The van der Waals surface area contributed by atoms with Crippen molar-refractivity contribution in [1.82, 2.24) is 0 Å². The summed E-state index contributed by atoms with van der Waals surface area (Å²) in [6.07, 6.45) is 12.1. The second-order valence-electron chi connectivity index (χ2n) is 8.25. The van der Waals surface area contributed by atoms with Crippen molar-refractivity contribution >= 4 is 0 Å². The number of allylic oxidation sites excluding steroid dienone is 2. The molecule has 1 nitrogen and oxygen atoms in total. The Morgan fingerprint density at radius 3 is 2.24 bits per heavy atom. The van der Waals surface area contributed by atoms with Crippen LogP contribution in [0.15, 0.2) is 11.1 Å². The molecule has 0 saturated carbocycles. The molecule has 2 unspecified atom stereocenters. The summed E-state index contributed by atoms with van der Waals surface area (Å²) in [5, 5.41) is 0. The van der Waals surface area contributed by atoms with E-state index in [0.717, 1.165) is 18.4 Å². The van der Waals surface area contributed by atoms with Crippen LogP contribution in [0.25, 0.3) is 0 Å². The SMILES string of the molecule is CC1=C(CCC(C)CCCC(C)CCN)C(C)(C)CCC1. The van der Waals surface area contributed by atoms with Crippen LogP contribution < -0.4 is 5.73 Å². The van der Waals surface area contributed by atoms with Crippen molar-refractivity contribution in [3.63, 3.8) is 0 Å². The third kappa shape index (κ3) is 6.55. The van der Waals surface area contributed by atoms with E-state index in [1.165, 1.54) is 57.8 Å². The number of nitrogens with two attached hydrogens (primary N) is 1. The quantitative estimate of drug-likeness (QED) is 0.512. The molecule has 124 valence electrons. The van der Waals surface area contributed by atoms with Gasteiger partial charge in [-0.15, -0.1) is 0 Å². The Hall–Kier alpha value is -0.300. The average Bonchev–Trinajstić information content (AvgIpc) is 2.37. The maximum atomic E-state index is 5.62. The highest BCUT2D eigenvalue weighted by molar-refractivity contribution is 5.22. The molecule has 2 N–H and O–H groups in total. The maximum Gasteiger partial charge on any atom is -0.00747 e. The molecular formula is C20H39N. The molecule has 1 rings (SSSR count). The van der Waals surface area contributed by atoms with Gasteiger partial charge in [-0.25, -0.2) is 0 Å². The minimum atomic E-state index is 0.456. The van der Waals surface area contributed by atoms with Gasteiger partial charge in [-0.05, 0) is 69.2 Å². The lowest BCUT2D eigenvalue weighted by molar-refractivity contribution is 0.339. The average molecular weight is 294 g/mol. The molecule has 2 atom stereocenters. The van der Waals surface area contributed by atoms with Crippen LogP contribution in [0, 0.1) is 17.3 Å². The molecule has 0 heterocycles. The fourth-order valence-electron chi connectivity index (χ4n) is 4.01. The fraction of sp³-hybridized carbons (Fsp3) is 0.900. The molecule has 0 fully saturated rings. The third-order valence-corrected chi connectivity index (χ3v) is 5.63. The van der Waals surface area contributed by atoms with E-state index in [1.807, 2.05) is 0 Å². The highest BCUT2D eigenvalue weighted by Crippen LogP contribution is 2.42. The minimum absolute atomic E-state index is 0.456. The second-order valence-corrected chi connectivity index (χ2v) is 8.25. The van der Waals surface area contributed by atoms with Crippen LogP contribution in [0.3, 0.4) is 0 Å². The molecule has 21 heavy (non-hydrogen) atoms. The Morgan fingerprint density at radius 1 is 1.05 bits per heavy atom. The van der Waals surface area contributed by atoms with E-state index in [1.54, 1.807) is 11.1 Å². The van der Waals surface area contributed by atoms with Crippen LogP contribution >= 0.6 is 0 Å². The molecule has 0 aromatic rings. The maximum absolute atomic E-state index is 5.62. The van der Waals surface area contributed by atoms with Gasteiger partial charge < -0.3 is 5.73 Å². The van der Waals surface area contributed by atoms with Crippen molar-refractivity contribution in [2.45, 2.75) is 92.4 Å². The van der Waals surface area contributed by atoms with Gasteiger partial charge in [0.1, 0.15) is 0 Å². The first-order chi connectivity index (χ1) is 9.86. The van der Waals surface area contributed by atoms with Gasteiger partial charge in [-0.3, -0.25) is 0 Å². The molecule has 0 spiro atoms. The molecule has 1 heteroatoms. The Kier molecular flexibility index (Phi) is 8.02. The largest absolute Gasteiger partial charge is 0.330 e. The monoisotopic (exact) mass is 293 g/mol. The van der Waals surface area contributed by atoms with Crippen molar-refractivity contribution in [3.05, 3.63) is 11.1 Å². The van der Waals surface area contributed by atoms with E-state index in [-0.39, 0.29) is 0 Å². The van der Waals surface area contributed by atoms with Crippen molar-refractivity contribution < 1.29 is 0 Å². The lowest BCUT2D eigenvalue weighted by atomic mass is 9.70. The van der Waals surface area contributed by atoms with Crippen molar-refractivity contribution in [1.29, 1.82) is 0 Å². The summed E-state index contributed by atoms with van der Waals surface area (Å²) < 4.78 is 0. The third-order valence-electron chi connectivity index (χ3n) is 5.63. The predicted octanol–water partition coefficient (Wildman–Crippen LogP) is 6.08. The Labute approximate surface area is 133 Å². The van der Waals surface area contributed by atoms with Crippen LogP contribution in [0.1, 0.15) is 92.4 Å². The zero-order valence-electron chi connectivity index (χ0n) is 15.3. The van der Waals surface area contributed by atoms with Gasteiger partial charge in [0.05, 0.1) is 0 Å². The van der Waals surface area contributed by atoms with Crippen LogP contribution in [-0.4, -0.2) is 6.54 Å². The number of hydrogen-bond acceptors (Lipinski definition) is 1. The molecule has 0 bridgehead atoms. The molecule has 1 aliphatic rings. The van der Waals surface area contributed by atoms with Gasteiger partial charge >= 0.3 is 0 Å². The molecular weight excluding hydrogens is 254 g/mol. The van der Waals surface area contributed by atoms with Crippen LogP contribution in [-0.2, 0) is 0 Å². The molecule has 0 amide bonds. The van der Waals surface area contributed by atoms with Gasteiger partial charge in [-0.2, -0.15) is 0 Å². The molecule has 0 saturated heterocycles. The smallest absolute Gasteiger partial charge is 0.00747 e. The highest BCUT2D eigenvalue weighted by Gasteiger charge is 2.27. The zero-order valence-corrected chi connectivity index (χ0v) is 15.3. The van der Waals surface area contributed by atoms with E-state index >= 15 is 0 Å². The molecule has 0 aliphatic heterocycles. The molecule has 0 aromatic heterocycles. The van der Waals surface area contributed by atoms with Crippen LogP contribution in [0.2, 0.25) is 0 Å². The van der Waals surface area contributed by atoms with Gasteiger partial charge in [0.2, 0.25) is 0 Å². The standard InChI is InChI=1S/C20H39N/c1-16(8-6-9-17(2)13-15-21)11-12-19-18(3)10-7-14-20(19,4)5/h16-17H,6-15,21H2,1-5H3. The molecule has 0 aromatic carbocycles. The van der Waals surface area contributed by atoms with Crippen molar-refractivity contribution in [2.75, 3.05) is 6.54 Å². The summed E-state index contributed by atoms with van der Waals surface area (Å²) in [5.74, 6) is 1.68. The minimum Gasteiger partial charge on any atom is -0.330 e. The lowest BCUT2D eigenvalue weighted by Crippen LogP contribution is -2.20. The van der Waals surface area contributed by atoms with Crippen molar-refractivity contribution in [3.8, 4) is 0 Å². The van der Waals surface area contributed by atoms with E-state index in [4.69, 9.17) is 5.73 Å². The summed E-state index contributed by atoms with van der Waals surface area (Å²) >= 11 is 0. The van der Waals surface area contributed by atoms with Gasteiger partial charge in [-0.1, -0.05) is 58.1 Å². The first-order valence-corrected chi connectivity index (χ1v) is 9.26. The second kappa shape index (κ2) is 8.98. The normalized spacial score (nSPS) is 21.4. The summed E-state index contributed by atoms with van der Waals surface area (Å²) in [6.45, 7) is 12.9. The van der Waals surface area contributed by atoms with Crippen LogP contribution in [0.4, 0.5) is 0 Å². The van der Waals surface area contributed by atoms with Crippen molar-refractivity contribution in [2.24, 2.45) is 23.0 Å². The topological polar surface area (TPSA) is 26.0 Å². The zero-order chi connectivity index (χ0) is 15.9. The van der Waals surface area contributed by atoms with Crippen LogP contribution in [0.5, 0.6) is 0 Å². The van der Waals surface area contributed by atoms with Gasteiger partial charge in [0.15, 0.2) is 0 Å². The summed E-state index contributed by atoms with van der Waals surface area (Å²) in [4.78, 5) is 0. The van der Waals surface area contributed by atoms with E-state index < -0.39 is 0 Å². The first kappa shape index (κ1) is 18.7. The Morgan fingerprint density at radius 2 is 1.67 bits per heavy atom.